The van der Waals surface area contributed by atoms with Crippen molar-refractivity contribution in [2.45, 2.75) is 28.5 Å². The Labute approximate surface area is 146 Å². The Morgan fingerprint density at radius 1 is 0.760 bits per heavy atom. The molecule has 0 aliphatic carbocycles. The van der Waals surface area contributed by atoms with Crippen LogP contribution in [0.3, 0.4) is 0 Å². The minimum Gasteiger partial charge on any atom is -0.218 e. The highest BCUT2D eigenvalue weighted by molar-refractivity contribution is 7.92. The van der Waals surface area contributed by atoms with Gasteiger partial charge in [0, 0.05) is 0 Å². The van der Waals surface area contributed by atoms with Gasteiger partial charge in [-0.3, -0.25) is 0 Å². The molecule has 3 aromatic rings. The van der Waals surface area contributed by atoms with Gasteiger partial charge in [0.25, 0.3) is 10.0 Å². The van der Waals surface area contributed by atoms with Crippen LogP contribution in [0.4, 0.5) is 0 Å². The lowest BCUT2D eigenvalue weighted by atomic mass is 10.4. The predicted octanol–water partition coefficient (Wildman–Crippen LogP) is 2.57. The fraction of sp³-hybridized carbons (Fsp3) is 0.118. The maximum atomic E-state index is 12.9. The fourth-order valence-corrected chi connectivity index (χ4v) is 5.73. The number of nitrogens with zero attached hydrogens (tertiary/aromatic N) is 2. The smallest absolute Gasteiger partial charge is 0.218 e. The Balaban J connectivity index is 2.22. The topological polar surface area (TPSA) is 86.1 Å². The first-order valence-corrected chi connectivity index (χ1v) is 10.4. The van der Waals surface area contributed by atoms with E-state index in [-0.39, 0.29) is 26.1 Å². The van der Waals surface area contributed by atoms with Crippen LogP contribution in [0.5, 0.6) is 0 Å². The number of sulfone groups is 1. The van der Waals surface area contributed by atoms with Crippen molar-refractivity contribution < 1.29 is 16.8 Å². The van der Waals surface area contributed by atoms with Crippen LogP contribution in [-0.2, 0) is 19.9 Å². The third kappa shape index (κ3) is 2.87. The summed E-state index contributed by atoms with van der Waals surface area (Å²) >= 11 is 0. The Hall–Kier alpha value is -2.45. The summed E-state index contributed by atoms with van der Waals surface area (Å²) in [6.07, 6.45) is 0. The summed E-state index contributed by atoms with van der Waals surface area (Å²) in [7, 11) is -7.84. The van der Waals surface area contributed by atoms with Gasteiger partial charge in [0.1, 0.15) is 4.90 Å². The van der Waals surface area contributed by atoms with Crippen LogP contribution in [0.25, 0.3) is 0 Å². The van der Waals surface area contributed by atoms with E-state index in [1.165, 1.54) is 38.1 Å². The third-order valence-corrected chi connectivity index (χ3v) is 7.48. The van der Waals surface area contributed by atoms with Gasteiger partial charge in [-0.1, -0.05) is 36.4 Å². The second-order valence-electron chi connectivity index (χ2n) is 5.48. The molecule has 0 N–H and O–H groups in total. The molecule has 25 heavy (non-hydrogen) atoms. The lowest BCUT2D eigenvalue weighted by Crippen LogP contribution is -2.16. The molecule has 0 amide bonds. The Kier molecular flexibility index (Phi) is 4.26. The van der Waals surface area contributed by atoms with E-state index in [1.807, 2.05) is 0 Å². The quantitative estimate of drug-likeness (QED) is 0.698. The number of hydrogen-bond acceptors (Lipinski definition) is 5. The van der Waals surface area contributed by atoms with Crippen molar-refractivity contribution in [1.82, 2.24) is 9.19 Å². The molecular weight excluding hydrogens is 360 g/mol. The summed E-state index contributed by atoms with van der Waals surface area (Å²) in [6, 6.07) is 15.7. The van der Waals surface area contributed by atoms with Crippen molar-refractivity contribution in [3.63, 3.8) is 0 Å². The molecule has 0 spiro atoms. The first-order valence-electron chi connectivity index (χ1n) is 7.43. The number of rotatable bonds is 4. The number of aromatic nitrogens is 2. The predicted molar refractivity (Wildman–Crippen MR) is 92.6 cm³/mol. The van der Waals surface area contributed by atoms with Gasteiger partial charge in [-0.25, -0.2) is 8.42 Å². The van der Waals surface area contributed by atoms with E-state index in [0.29, 0.717) is 0 Å². The van der Waals surface area contributed by atoms with Gasteiger partial charge < -0.3 is 0 Å². The number of aryl methyl sites for hydroxylation is 1. The van der Waals surface area contributed by atoms with E-state index < -0.39 is 19.9 Å². The van der Waals surface area contributed by atoms with Crippen molar-refractivity contribution in [1.29, 1.82) is 0 Å². The summed E-state index contributed by atoms with van der Waals surface area (Å²) in [5, 5.41) is 4.00. The summed E-state index contributed by atoms with van der Waals surface area (Å²) in [5.41, 5.74) is 0.200. The molecule has 6 nitrogen and oxygen atoms in total. The molecule has 0 atom stereocenters. The summed E-state index contributed by atoms with van der Waals surface area (Å²) < 4.78 is 52.2. The van der Waals surface area contributed by atoms with E-state index in [0.717, 1.165) is 4.09 Å². The zero-order valence-corrected chi connectivity index (χ0v) is 15.3. The summed E-state index contributed by atoms with van der Waals surface area (Å²) in [4.78, 5) is 0.0559. The van der Waals surface area contributed by atoms with Gasteiger partial charge in [0.2, 0.25) is 9.84 Å². The average molecular weight is 376 g/mol. The van der Waals surface area contributed by atoms with Gasteiger partial charge >= 0.3 is 0 Å². The minimum absolute atomic E-state index is 0.0456. The molecule has 0 saturated heterocycles. The Morgan fingerprint density at radius 3 is 1.76 bits per heavy atom. The van der Waals surface area contributed by atoms with E-state index in [2.05, 4.69) is 5.10 Å². The molecule has 130 valence electrons. The Morgan fingerprint density at radius 2 is 1.24 bits per heavy atom. The molecular formula is C17H16N2O4S2. The molecule has 1 heterocycles. The molecule has 8 heteroatoms. The van der Waals surface area contributed by atoms with E-state index in [9.17, 15) is 16.8 Å². The number of benzene rings is 2. The Bertz CT molecular complexity index is 1120. The molecule has 3 rings (SSSR count). The first kappa shape index (κ1) is 17.4. The van der Waals surface area contributed by atoms with Gasteiger partial charge in [-0.15, -0.1) is 0 Å². The van der Waals surface area contributed by atoms with Gasteiger partial charge in [-0.05, 0) is 38.1 Å². The second kappa shape index (κ2) is 6.12. The van der Waals surface area contributed by atoms with Crippen molar-refractivity contribution in [3.05, 3.63) is 72.1 Å². The SMILES string of the molecule is Cc1nn(S(=O)(=O)c2ccccc2)c(C)c1S(=O)(=O)c1ccccc1. The van der Waals surface area contributed by atoms with Crippen LogP contribution in [0.15, 0.2) is 75.4 Å². The molecule has 1 aromatic heterocycles. The molecule has 2 aromatic carbocycles. The maximum Gasteiger partial charge on any atom is 0.283 e. The third-order valence-electron chi connectivity index (χ3n) is 3.78. The second-order valence-corrected chi connectivity index (χ2v) is 9.13. The van der Waals surface area contributed by atoms with E-state index in [1.54, 1.807) is 36.4 Å². The molecule has 0 fully saturated rings. The van der Waals surface area contributed by atoms with E-state index >= 15 is 0 Å². The molecule has 0 saturated carbocycles. The highest BCUT2D eigenvalue weighted by Gasteiger charge is 2.30. The molecule has 0 bridgehead atoms. The zero-order chi connectivity index (χ0) is 18.2. The minimum atomic E-state index is -3.97. The van der Waals surface area contributed by atoms with Gasteiger partial charge in [0.15, 0.2) is 0 Å². The highest BCUT2D eigenvalue weighted by atomic mass is 32.2. The van der Waals surface area contributed by atoms with E-state index in [4.69, 9.17) is 0 Å². The van der Waals surface area contributed by atoms with Crippen LogP contribution in [0.1, 0.15) is 11.4 Å². The van der Waals surface area contributed by atoms with Gasteiger partial charge in [-0.2, -0.15) is 17.6 Å². The van der Waals surface area contributed by atoms with Crippen LogP contribution >= 0.6 is 0 Å². The molecule has 0 aliphatic rings. The highest BCUT2D eigenvalue weighted by Crippen LogP contribution is 2.28. The summed E-state index contributed by atoms with van der Waals surface area (Å²) in [6.45, 7) is 2.93. The lowest BCUT2D eigenvalue weighted by Gasteiger charge is -2.08. The monoisotopic (exact) mass is 376 g/mol. The molecule has 0 unspecified atom stereocenters. The van der Waals surface area contributed by atoms with Crippen LogP contribution in [0.2, 0.25) is 0 Å². The average Bonchev–Trinajstić information content (AvgIpc) is 2.92. The maximum absolute atomic E-state index is 12.9. The fourth-order valence-electron chi connectivity index (χ4n) is 2.64. The van der Waals surface area contributed by atoms with Crippen molar-refractivity contribution >= 4 is 19.9 Å². The summed E-state index contributed by atoms with van der Waals surface area (Å²) in [5.74, 6) is 0. The zero-order valence-electron chi connectivity index (χ0n) is 13.6. The largest absolute Gasteiger partial charge is 0.283 e. The normalized spacial score (nSPS) is 12.2. The van der Waals surface area contributed by atoms with Crippen molar-refractivity contribution in [3.8, 4) is 0 Å². The van der Waals surface area contributed by atoms with Crippen molar-refractivity contribution in [2.24, 2.45) is 0 Å². The van der Waals surface area contributed by atoms with Crippen LogP contribution in [-0.4, -0.2) is 26.0 Å². The van der Waals surface area contributed by atoms with Crippen molar-refractivity contribution in [2.75, 3.05) is 0 Å². The lowest BCUT2D eigenvalue weighted by molar-refractivity contribution is 0.577. The standard InChI is InChI=1S/C17H16N2O4S2/c1-13-17(24(20,21)15-9-5-3-6-10-15)14(2)19(18-13)25(22,23)16-11-7-4-8-12-16/h3-12H,1-2H3. The van der Waals surface area contributed by atoms with Crippen LogP contribution < -0.4 is 0 Å². The first-order chi connectivity index (χ1) is 11.8. The molecule has 0 radical (unpaired) electrons. The van der Waals surface area contributed by atoms with Crippen LogP contribution in [0, 0.1) is 13.8 Å². The van der Waals surface area contributed by atoms with Gasteiger partial charge in [0.05, 0.1) is 21.2 Å². The number of hydrogen-bond donors (Lipinski definition) is 0. The molecule has 0 aliphatic heterocycles.